The van der Waals surface area contributed by atoms with Crippen molar-refractivity contribution in [1.29, 1.82) is 0 Å². The van der Waals surface area contributed by atoms with Crippen molar-refractivity contribution in [3.05, 3.63) is 58.4 Å². The average molecular weight is 314 g/mol. The van der Waals surface area contributed by atoms with Gasteiger partial charge in [0.15, 0.2) is 5.82 Å². The topological polar surface area (TPSA) is 29.9 Å². The van der Waals surface area contributed by atoms with Gasteiger partial charge in [0, 0.05) is 35.4 Å². The first-order chi connectivity index (χ1) is 10.6. The highest BCUT2D eigenvalue weighted by Gasteiger charge is 2.13. The summed E-state index contributed by atoms with van der Waals surface area (Å²) in [6.45, 7) is 8.18. The van der Waals surface area contributed by atoms with Crippen LogP contribution in [-0.2, 0) is 13.1 Å². The summed E-state index contributed by atoms with van der Waals surface area (Å²) in [5.41, 5.74) is 5.01. The molecule has 3 rings (SSSR count). The number of rotatable bonds is 4. The number of hydrogen-bond acceptors (Lipinski definition) is 2. The van der Waals surface area contributed by atoms with E-state index >= 15 is 0 Å². The van der Waals surface area contributed by atoms with E-state index in [0.29, 0.717) is 0 Å². The number of nitrogens with one attached hydrogen (secondary N) is 1. The molecule has 0 radical (unpaired) electrons. The van der Waals surface area contributed by atoms with Crippen LogP contribution in [0.5, 0.6) is 0 Å². The van der Waals surface area contributed by atoms with E-state index < -0.39 is 0 Å². The Labute approximate surface area is 135 Å². The van der Waals surface area contributed by atoms with Crippen LogP contribution in [0.4, 0.5) is 5.82 Å². The molecule has 0 saturated carbocycles. The van der Waals surface area contributed by atoms with Crippen LogP contribution in [0.15, 0.2) is 36.5 Å². The third-order valence-corrected chi connectivity index (χ3v) is 4.49. The molecule has 2 aromatic heterocycles. The molecule has 0 aliphatic carbocycles. The summed E-state index contributed by atoms with van der Waals surface area (Å²) in [6.07, 6.45) is 1.87. The van der Waals surface area contributed by atoms with Gasteiger partial charge in [-0.05, 0) is 50.1 Å². The zero-order valence-corrected chi connectivity index (χ0v) is 13.9. The molecule has 114 valence electrons. The number of nitrogens with zero attached hydrogens (tertiary/aromatic N) is 2. The molecule has 1 aromatic carbocycles. The minimum absolute atomic E-state index is 0.732. The van der Waals surface area contributed by atoms with E-state index in [1.807, 2.05) is 30.5 Å². The third kappa shape index (κ3) is 2.57. The zero-order valence-electron chi connectivity index (χ0n) is 13.2. The quantitative estimate of drug-likeness (QED) is 0.739. The summed E-state index contributed by atoms with van der Waals surface area (Å²) < 4.78 is 2.32. The largest absolute Gasteiger partial charge is 0.364 e. The Morgan fingerprint density at radius 3 is 2.55 bits per heavy atom. The monoisotopic (exact) mass is 313 g/mol. The van der Waals surface area contributed by atoms with Crippen molar-refractivity contribution < 1.29 is 0 Å². The SMILES string of the molecule is CCn1c(C)c(C)c2ccnc(NCc3ccc(Cl)cc3)c21. The maximum absolute atomic E-state index is 5.93. The summed E-state index contributed by atoms with van der Waals surface area (Å²) in [7, 11) is 0. The molecule has 22 heavy (non-hydrogen) atoms. The van der Waals surface area contributed by atoms with Gasteiger partial charge in [-0.3, -0.25) is 0 Å². The second-order valence-electron chi connectivity index (χ2n) is 5.49. The van der Waals surface area contributed by atoms with E-state index in [0.717, 1.165) is 23.9 Å². The lowest BCUT2D eigenvalue weighted by Gasteiger charge is -2.11. The Balaban J connectivity index is 1.97. The molecule has 0 amide bonds. The van der Waals surface area contributed by atoms with Gasteiger partial charge in [-0.15, -0.1) is 0 Å². The summed E-state index contributed by atoms with van der Waals surface area (Å²) in [5, 5.41) is 5.49. The molecule has 0 spiro atoms. The van der Waals surface area contributed by atoms with Gasteiger partial charge in [-0.1, -0.05) is 23.7 Å². The number of hydrogen-bond donors (Lipinski definition) is 1. The Kier molecular flexibility index (Phi) is 4.08. The Morgan fingerprint density at radius 2 is 1.86 bits per heavy atom. The molecular formula is C18H20ClN3. The van der Waals surface area contributed by atoms with Crippen LogP contribution >= 0.6 is 11.6 Å². The Hall–Kier alpha value is -2.00. The van der Waals surface area contributed by atoms with Gasteiger partial charge in [0.1, 0.15) is 0 Å². The van der Waals surface area contributed by atoms with E-state index in [-0.39, 0.29) is 0 Å². The molecule has 0 aliphatic heterocycles. The number of pyridine rings is 1. The molecule has 0 unspecified atom stereocenters. The molecule has 2 heterocycles. The number of halogens is 1. The van der Waals surface area contributed by atoms with Gasteiger partial charge in [0.2, 0.25) is 0 Å². The normalized spacial score (nSPS) is 11.1. The van der Waals surface area contributed by atoms with E-state index in [1.54, 1.807) is 0 Å². The molecule has 0 bridgehead atoms. The highest BCUT2D eigenvalue weighted by molar-refractivity contribution is 6.30. The lowest BCUT2D eigenvalue weighted by molar-refractivity contribution is 0.765. The minimum atomic E-state index is 0.732. The number of aromatic nitrogens is 2. The highest BCUT2D eigenvalue weighted by Crippen LogP contribution is 2.29. The third-order valence-electron chi connectivity index (χ3n) is 4.24. The van der Waals surface area contributed by atoms with E-state index in [1.165, 1.54) is 27.7 Å². The van der Waals surface area contributed by atoms with E-state index in [4.69, 9.17) is 11.6 Å². The first-order valence-electron chi connectivity index (χ1n) is 7.54. The summed E-state index contributed by atoms with van der Waals surface area (Å²) in [4.78, 5) is 4.54. The predicted molar refractivity (Wildman–Crippen MR) is 93.7 cm³/mol. The van der Waals surface area contributed by atoms with Crippen molar-refractivity contribution in [2.75, 3.05) is 5.32 Å². The molecule has 4 heteroatoms. The standard InChI is InChI=1S/C18H20ClN3/c1-4-22-13(3)12(2)16-9-10-20-18(17(16)22)21-11-14-5-7-15(19)8-6-14/h5-10H,4,11H2,1-3H3,(H,20,21). The fraction of sp³-hybridized carbons (Fsp3) is 0.278. The molecular weight excluding hydrogens is 294 g/mol. The molecule has 3 aromatic rings. The molecule has 0 fully saturated rings. The smallest absolute Gasteiger partial charge is 0.150 e. The minimum Gasteiger partial charge on any atom is -0.364 e. The van der Waals surface area contributed by atoms with Gasteiger partial charge in [0.05, 0.1) is 5.52 Å². The van der Waals surface area contributed by atoms with Crippen LogP contribution in [0.25, 0.3) is 10.9 Å². The Bertz CT molecular complexity index is 803. The van der Waals surface area contributed by atoms with Gasteiger partial charge in [-0.2, -0.15) is 0 Å². The molecule has 0 atom stereocenters. The van der Waals surface area contributed by atoms with Crippen LogP contribution in [0.1, 0.15) is 23.7 Å². The summed E-state index contributed by atoms with van der Waals surface area (Å²) in [5.74, 6) is 0.936. The van der Waals surface area contributed by atoms with Crippen LogP contribution in [-0.4, -0.2) is 9.55 Å². The maximum Gasteiger partial charge on any atom is 0.150 e. The van der Waals surface area contributed by atoms with Gasteiger partial charge in [0.25, 0.3) is 0 Å². The highest BCUT2D eigenvalue weighted by atomic mass is 35.5. The fourth-order valence-electron chi connectivity index (χ4n) is 2.91. The van der Waals surface area contributed by atoms with Crippen molar-refractivity contribution >= 4 is 28.3 Å². The van der Waals surface area contributed by atoms with Crippen molar-refractivity contribution in [2.45, 2.75) is 33.9 Å². The average Bonchev–Trinajstić information content (AvgIpc) is 2.79. The first kappa shape index (κ1) is 14.9. The number of anilines is 1. The predicted octanol–water partition coefficient (Wildman–Crippen LogP) is 4.94. The first-order valence-corrected chi connectivity index (χ1v) is 7.92. The summed E-state index contributed by atoms with van der Waals surface area (Å²) >= 11 is 5.93. The van der Waals surface area contributed by atoms with Crippen molar-refractivity contribution in [3.8, 4) is 0 Å². The van der Waals surface area contributed by atoms with Gasteiger partial charge < -0.3 is 9.88 Å². The summed E-state index contributed by atoms with van der Waals surface area (Å²) in [6, 6.07) is 9.98. The van der Waals surface area contributed by atoms with Crippen LogP contribution in [0.2, 0.25) is 5.02 Å². The second kappa shape index (κ2) is 6.01. The van der Waals surface area contributed by atoms with E-state index in [2.05, 4.69) is 41.7 Å². The van der Waals surface area contributed by atoms with Crippen molar-refractivity contribution in [3.63, 3.8) is 0 Å². The van der Waals surface area contributed by atoms with Crippen LogP contribution in [0, 0.1) is 13.8 Å². The fourth-order valence-corrected chi connectivity index (χ4v) is 3.03. The lowest BCUT2D eigenvalue weighted by atomic mass is 10.2. The molecule has 1 N–H and O–H groups in total. The molecule has 0 aliphatic rings. The zero-order chi connectivity index (χ0) is 15.7. The van der Waals surface area contributed by atoms with E-state index in [9.17, 15) is 0 Å². The number of fused-ring (bicyclic) bond motifs is 1. The van der Waals surface area contributed by atoms with Crippen LogP contribution < -0.4 is 5.32 Å². The number of benzene rings is 1. The van der Waals surface area contributed by atoms with Gasteiger partial charge >= 0.3 is 0 Å². The second-order valence-corrected chi connectivity index (χ2v) is 5.93. The number of aryl methyl sites for hydroxylation is 2. The lowest BCUT2D eigenvalue weighted by Crippen LogP contribution is -2.05. The van der Waals surface area contributed by atoms with Crippen LogP contribution in [0.3, 0.4) is 0 Å². The maximum atomic E-state index is 5.93. The molecule has 3 nitrogen and oxygen atoms in total. The van der Waals surface area contributed by atoms with Crippen molar-refractivity contribution in [2.24, 2.45) is 0 Å². The molecule has 0 saturated heterocycles. The van der Waals surface area contributed by atoms with Gasteiger partial charge in [-0.25, -0.2) is 4.98 Å². The van der Waals surface area contributed by atoms with Crippen molar-refractivity contribution in [1.82, 2.24) is 9.55 Å². The Morgan fingerprint density at radius 1 is 1.14 bits per heavy atom.